The van der Waals surface area contributed by atoms with Crippen LogP contribution in [-0.2, 0) is 10.2 Å². The van der Waals surface area contributed by atoms with Crippen LogP contribution in [0.4, 0.5) is 5.00 Å². The molecule has 0 spiro atoms. The zero-order valence-electron chi connectivity index (χ0n) is 16.8. The van der Waals surface area contributed by atoms with Crippen LogP contribution in [0.3, 0.4) is 0 Å². The topological polar surface area (TPSA) is 63.5 Å². The monoisotopic (exact) mass is 398 g/mol. The number of aryl methyl sites for hydroxylation is 2. The number of hydrogen-bond acceptors (Lipinski definition) is 4. The molecular weight excluding hydrogens is 372 g/mol. The second-order valence-electron chi connectivity index (χ2n) is 8.01. The highest BCUT2D eigenvalue weighted by Crippen LogP contribution is 2.39. The lowest BCUT2D eigenvalue weighted by molar-refractivity contribution is -0.380. The van der Waals surface area contributed by atoms with Crippen molar-refractivity contribution in [3.63, 3.8) is 0 Å². The largest absolute Gasteiger partial charge is 0.342 e. The minimum atomic E-state index is -0.772. The zero-order valence-corrected chi connectivity index (χ0v) is 17.6. The third kappa shape index (κ3) is 4.17. The molecule has 28 heavy (non-hydrogen) atoms. The van der Waals surface area contributed by atoms with Gasteiger partial charge < -0.3 is 4.90 Å². The molecule has 1 saturated heterocycles. The first-order valence-electron chi connectivity index (χ1n) is 9.53. The molecule has 0 radical (unpaired) electrons. The van der Waals surface area contributed by atoms with Crippen molar-refractivity contribution in [1.82, 2.24) is 4.90 Å². The number of thiophene rings is 1. The maximum Gasteiger partial charge on any atom is 0.331 e. The van der Waals surface area contributed by atoms with E-state index in [2.05, 4.69) is 6.07 Å². The Balaban J connectivity index is 1.94. The molecule has 0 saturated carbocycles. The van der Waals surface area contributed by atoms with Crippen molar-refractivity contribution in [3.05, 3.63) is 61.5 Å². The Bertz CT molecular complexity index is 917. The van der Waals surface area contributed by atoms with Crippen molar-refractivity contribution < 1.29 is 9.72 Å². The Kier molecular flexibility index (Phi) is 5.70. The molecule has 2 aromatic rings. The van der Waals surface area contributed by atoms with Crippen LogP contribution in [0.15, 0.2) is 24.3 Å². The molecule has 148 valence electrons. The Labute approximate surface area is 169 Å². The molecule has 1 fully saturated rings. The van der Waals surface area contributed by atoms with Crippen molar-refractivity contribution in [2.24, 2.45) is 0 Å². The average Bonchev–Trinajstić information content (AvgIpc) is 3.28. The van der Waals surface area contributed by atoms with Crippen molar-refractivity contribution in [2.45, 2.75) is 46.0 Å². The predicted molar refractivity (Wildman–Crippen MR) is 115 cm³/mol. The Morgan fingerprint density at radius 3 is 2.29 bits per heavy atom. The van der Waals surface area contributed by atoms with E-state index in [1.54, 1.807) is 12.1 Å². The summed E-state index contributed by atoms with van der Waals surface area (Å²) in [5, 5.41) is 11.7. The van der Waals surface area contributed by atoms with Gasteiger partial charge in [0.05, 0.1) is 15.9 Å². The minimum Gasteiger partial charge on any atom is -0.342 e. The van der Waals surface area contributed by atoms with Crippen molar-refractivity contribution in [1.29, 1.82) is 0 Å². The maximum absolute atomic E-state index is 13.0. The molecule has 1 aliphatic rings. The first-order valence-corrected chi connectivity index (χ1v) is 10.3. The van der Waals surface area contributed by atoms with Crippen LogP contribution in [0.5, 0.6) is 0 Å². The first-order chi connectivity index (χ1) is 13.2. The molecule has 1 aliphatic heterocycles. The van der Waals surface area contributed by atoms with Gasteiger partial charge in [-0.05, 0) is 58.2 Å². The van der Waals surface area contributed by atoms with E-state index in [4.69, 9.17) is 0 Å². The number of rotatable bonds is 5. The molecule has 1 aromatic heterocycles. The second-order valence-corrected chi connectivity index (χ2v) is 9.04. The molecule has 0 N–H and O–H groups in total. The highest BCUT2D eigenvalue weighted by atomic mass is 32.1. The number of carbonyl (C=O) groups excluding carboxylic acids is 1. The molecular formula is C22H26N2O3S. The van der Waals surface area contributed by atoms with Crippen molar-refractivity contribution >= 4 is 34.4 Å². The molecule has 3 rings (SSSR count). The van der Waals surface area contributed by atoms with Crippen molar-refractivity contribution in [2.75, 3.05) is 13.1 Å². The highest BCUT2D eigenvalue weighted by Gasteiger charge is 2.38. The first kappa shape index (κ1) is 20.3. The second kappa shape index (κ2) is 7.87. The quantitative estimate of drug-likeness (QED) is 0.504. The third-order valence-electron chi connectivity index (χ3n) is 5.15. The van der Waals surface area contributed by atoms with Crippen LogP contribution in [0, 0.1) is 24.0 Å². The van der Waals surface area contributed by atoms with E-state index in [9.17, 15) is 14.9 Å². The summed E-state index contributed by atoms with van der Waals surface area (Å²) in [7, 11) is 0. The van der Waals surface area contributed by atoms with Crippen LogP contribution in [-0.4, -0.2) is 28.8 Å². The van der Waals surface area contributed by atoms with Gasteiger partial charge in [0.2, 0.25) is 5.91 Å². The Morgan fingerprint density at radius 2 is 1.71 bits per heavy atom. The van der Waals surface area contributed by atoms with Crippen LogP contribution in [0.2, 0.25) is 0 Å². The van der Waals surface area contributed by atoms with Gasteiger partial charge in [0.15, 0.2) is 0 Å². The van der Waals surface area contributed by atoms with E-state index in [-0.39, 0.29) is 15.8 Å². The zero-order chi connectivity index (χ0) is 20.5. The van der Waals surface area contributed by atoms with Gasteiger partial charge in [-0.25, -0.2) is 0 Å². The van der Waals surface area contributed by atoms with Gasteiger partial charge in [0.25, 0.3) is 0 Å². The molecule has 0 bridgehead atoms. The van der Waals surface area contributed by atoms with Crippen LogP contribution < -0.4 is 0 Å². The summed E-state index contributed by atoms with van der Waals surface area (Å²) >= 11 is 1.11. The minimum absolute atomic E-state index is 0.0472. The van der Waals surface area contributed by atoms with Gasteiger partial charge in [-0.15, -0.1) is 0 Å². The van der Waals surface area contributed by atoms with Crippen molar-refractivity contribution in [3.8, 4) is 0 Å². The maximum atomic E-state index is 13.0. The molecule has 2 heterocycles. The summed E-state index contributed by atoms with van der Waals surface area (Å²) in [6.07, 6.45) is 5.73. The van der Waals surface area contributed by atoms with Gasteiger partial charge in [-0.3, -0.25) is 14.9 Å². The lowest BCUT2D eigenvalue weighted by atomic mass is 9.89. The number of nitro groups is 1. The SMILES string of the molecule is Cc1cc(C)cc(C=Cc2cc(C(C)(C)C(=O)N3CCCC3)sc2[N+](=O)[O-])c1. The molecule has 1 aromatic carbocycles. The number of carbonyl (C=O) groups is 1. The summed E-state index contributed by atoms with van der Waals surface area (Å²) < 4.78 is 0. The molecule has 0 aliphatic carbocycles. The number of nitrogens with zero attached hydrogens (tertiary/aromatic N) is 2. The van der Waals surface area contributed by atoms with Crippen LogP contribution >= 0.6 is 11.3 Å². The highest BCUT2D eigenvalue weighted by molar-refractivity contribution is 7.15. The summed E-state index contributed by atoms with van der Waals surface area (Å²) in [6.45, 7) is 9.33. The molecule has 5 nitrogen and oxygen atoms in total. The van der Waals surface area contributed by atoms with E-state index < -0.39 is 5.41 Å². The molecule has 0 atom stereocenters. The summed E-state index contributed by atoms with van der Waals surface area (Å²) in [4.78, 5) is 26.8. The third-order valence-corrected chi connectivity index (χ3v) is 6.58. The normalized spacial score (nSPS) is 14.8. The Hall–Kier alpha value is -2.47. The smallest absolute Gasteiger partial charge is 0.331 e. The van der Waals surface area contributed by atoms with Gasteiger partial charge in [0, 0.05) is 18.0 Å². The summed E-state index contributed by atoms with van der Waals surface area (Å²) in [6, 6.07) is 7.98. The summed E-state index contributed by atoms with van der Waals surface area (Å²) in [5.41, 5.74) is 3.08. The van der Waals surface area contributed by atoms with Crippen LogP contribution in [0.1, 0.15) is 53.8 Å². The molecule has 0 unspecified atom stereocenters. The van der Waals surface area contributed by atoms with Gasteiger partial charge in [0.1, 0.15) is 0 Å². The van der Waals surface area contributed by atoms with Gasteiger partial charge in [-0.2, -0.15) is 0 Å². The van der Waals surface area contributed by atoms with E-state index in [0.717, 1.165) is 58.8 Å². The number of benzene rings is 1. The lowest BCUT2D eigenvalue weighted by Gasteiger charge is -2.28. The van der Waals surface area contributed by atoms with Gasteiger partial charge in [-0.1, -0.05) is 46.7 Å². The van der Waals surface area contributed by atoms with E-state index in [1.807, 2.05) is 50.8 Å². The lowest BCUT2D eigenvalue weighted by Crippen LogP contribution is -2.41. The standard InChI is InChI=1S/C22H26N2O3S/c1-15-11-16(2)13-17(12-15)7-8-18-14-19(28-20(18)24(26)27)22(3,4)21(25)23-9-5-6-10-23/h7-8,11-14H,5-6,9-10H2,1-4H3. The van der Waals surface area contributed by atoms with Crippen LogP contribution in [0.25, 0.3) is 12.2 Å². The fourth-order valence-corrected chi connectivity index (χ4v) is 4.73. The van der Waals surface area contributed by atoms with E-state index in [0.29, 0.717) is 5.56 Å². The average molecular weight is 399 g/mol. The van der Waals surface area contributed by atoms with E-state index >= 15 is 0 Å². The Morgan fingerprint density at radius 1 is 1.11 bits per heavy atom. The van der Waals surface area contributed by atoms with E-state index in [1.165, 1.54) is 0 Å². The summed E-state index contributed by atoms with van der Waals surface area (Å²) in [5.74, 6) is 0.0472. The number of hydrogen-bond donors (Lipinski definition) is 0. The van der Waals surface area contributed by atoms with Gasteiger partial charge >= 0.3 is 5.00 Å². The molecule has 1 amide bonds. The fourth-order valence-electron chi connectivity index (χ4n) is 3.68. The fraction of sp³-hybridized carbons (Fsp3) is 0.409. The predicted octanol–water partition coefficient (Wildman–Crippen LogP) is 5.34. The molecule has 6 heteroatoms. The number of likely N-dealkylation sites (tertiary alicyclic amines) is 1. The number of amides is 1.